The Morgan fingerprint density at radius 2 is 2.03 bits per heavy atom. The van der Waals surface area contributed by atoms with Crippen molar-refractivity contribution in [2.24, 2.45) is 0 Å². The van der Waals surface area contributed by atoms with E-state index >= 15 is 0 Å². The van der Waals surface area contributed by atoms with Crippen molar-refractivity contribution in [1.29, 1.82) is 0 Å². The zero-order chi connectivity index (χ0) is 20.2. The summed E-state index contributed by atoms with van der Waals surface area (Å²) in [5, 5.41) is 14.8. The first-order chi connectivity index (χ1) is 14.1. The zero-order valence-corrected chi connectivity index (χ0v) is 15.3. The molecule has 3 aromatic rings. The number of hydrogen-bond donors (Lipinski definition) is 0. The van der Waals surface area contributed by atoms with Crippen LogP contribution in [0.15, 0.2) is 47.4 Å². The van der Waals surface area contributed by atoms with Crippen molar-refractivity contribution >= 4 is 11.6 Å². The molecule has 0 bridgehead atoms. The maximum Gasteiger partial charge on any atom is 0.274 e. The molecule has 4 rings (SSSR count). The summed E-state index contributed by atoms with van der Waals surface area (Å²) in [6.07, 6.45) is 4.49. The number of amides is 1. The van der Waals surface area contributed by atoms with Crippen molar-refractivity contribution in [1.82, 2.24) is 29.9 Å². The van der Waals surface area contributed by atoms with Crippen LogP contribution in [0.5, 0.6) is 0 Å². The lowest BCUT2D eigenvalue weighted by molar-refractivity contribution is -0.384. The Morgan fingerprint density at radius 3 is 2.76 bits per heavy atom. The second-order valence-corrected chi connectivity index (χ2v) is 6.48. The Kier molecular flexibility index (Phi) is 5.20. The predicted molar refractivity (Wildman–Crippen MR) is 99.6 cm³/mol. The van der Waals surface area contributed by atoms with E-state index in [1.165, 1.54) is 30.7 Å². The molecule has 0 spiro atoms. The molecule has 1 fully saturated rings. The van der Waals surface area contributed by atoms with Crippen molar-refractivity contribution in [3.63, 3.8) is 0 Å². The van der Waals surface area contributed by atoms with E-state index < -0.39 is 4.92 Å². The molecular formula is C18H17N7O4. The van der Waals surface area contributed by atoms with Gasteiger partial charge >= 0.3 is 0 Å². The average molecular weight is 395 g/mol. The van der Waals surface area contributed by atoms with Crippen LogP contribution in [0.2, 0.25) is 0 Å². The Labute approximate surface area is 165 Å². The van der Waals surface area contributed by atoms with E-state index in [2.05, 4.69) is 25.0 Å². The van der Waals surface area contributed by atoms with E-state index in [-0.39, 0.29) is 11.6 Å². The van der Waals surface area contributed by atoms with Crippen molar-refractivity contribution in [2.75, 3.05) is 26.2 Å². The average Bonchev–Trinajstić information content (AvgIpc) is 3.23. The van der Waals surface area contributed by atoms with Gasteiger partial charge in [-0.05, 0) is 0 Å². The Morgan fingerprint density at radius 1 is 1.21 bits per heavy atom. The van der Waals surface area contributed by atoms with Gasteiger partial charge in [0.15, 0.2) is 0 Å². The van der Waals surface area contributed by atoms with E-state index in [0.717, 1.165) is 0 Å². The van der Waals surface area contributed by atoms with Crippen LogP contribution in [-0.2, 0) is 6.54 Å². The van der Waals surface area contributed by atoms with Crippen LogP contribution in [0.4, 0.5) is 5.69 Å². The summed E-state index contributed by atoms with van der Waals surface area (Å²) in [4.78, 5) is 39.0. The maximum absolute atomic E-state index is 12.4. The first-order valence-electron chi connectivity index (χ1n) is 8.95. The van der Waals surface area contributed by atoms with Crippen LogP contribution in [0.25, 0.3) is 11.4 Å². The number of benzene rings is 1. The summed E-state index contributed by atoms with van der Waals surface area (Å²) in [7, 11) is 0. The van der Waals surface area contributed by atoms with E-state index in [0.29, 0.717) is 55.7 Å². The number of piperazine rings is 1. The fourth-order valence-corrected chi connectivity index (χ4v) is 3.07. The molecule has 1 amide bonds. The standard InChI is InChI=1S/C18H17N7O4/c26-18(15-11-19-4-5-20-15)24-8-6-23(7-9-24)12-16-21-17(22-29-16)13-2-1-3-14(10-13)25(27)28/h1-5,10-11H,6-9,12H2. The van der Waals surface area contributed by atoms with Crippen molar-refractivity contribution in [3.05, 3.63) is 64.6 Å². The van der Waals surface area contributed by atoms with Gasteiger partial charge in [-0.25, -0.2) is 4.98 Å². The summed E-state index contributed by atoms with van der Waals surface area (Å²) in [6, 6.07) is 6.09. The normalized spacial score (nSPS) is 14.7. The maximum atomic E-state index is 12.4. The Bertz CT molecular complexity index is 1020. The number of carbonyl (C=O) groups excluding carboxylic acids is 1. The third-order valence-electron chi connectivity index (χ3n) is 4.58. The summed E-state index contributed by atoms with van der Waals surface area (Å²) >= 11 is 0. The molecule has 0 atom stereocenters. The van der Waals surface area contributed by atoms with Gasteiger partial charge in [0.05, 0.1) is 17.7 Å². The number of nitro groups is 1. The first kappa shape index (κ1) is 18.6. The van der Waals surface area contributed by atoms with Crippen LogP contribution in [0, 0.1) is 10.1 Å². The minimum Gasteiger partial charge on any atom is -0.338 e. The highest BCUT2D eigenvalue weighted by atomic mass is 16.6. The first-order valence-corrected chi connectivity index (χ1v) is 8.95. The van der Waals surface area contributed by atoms with Gasteiger partial charge in [0, 0.05) is 56.3 Å². The SMILES string of the molecule is O=C(c1cnccn1)N1CCN(Cc2nc(-c3cccc([N+](=O)[O-])c3)no2)CC1. The van der Waals surface area contributed by atoms with Gasteiger partial charge in [0.25, 0.3) is 11.6 Å². The molecule has 0 saturated carbocycles. The lowest BCUT2D eigenvalue weighted by Crippen LogP contribution is -2.48. The fraction of sp³-hybridized carbons (Fsp3) is 0.278. The summed E-state index contributed by atoms with van der Waals surface area (Å²) in [5.41, 5.74) is 0.825. The molecule has 11 nitrogen and oxygen atoms in total. The molecule has 0 N–H and O–H groups in total. The van der Waals surface area contributed by atoms with Crippen LogP contribution in [0.1, 0.15) is 16.4 Å². The van der Waals surface area contributed by atoms with Crippen molar-refractivity contribution < 1.29 is 14.2 Å². The smallest absolute Gasteiger partial charge is 0.274 e. The number of aromatic nitrogens is 4. The van der Waals surface area contributed by atoms with Gasteiger partial charge in [0.1, 0.15) is 5.69 Å². The number of non-ortho nitro benzene ring substituents is 1. The number of carbonyl (C=O) groups is 1. The van der Waals surface area contributed by atoms with E-state index in [1.54, 1.807) is 17.0 Å². The van der Waals surface area contributed by atoms with E-state index in [1.807, 2.05) is 0 Å². The second kappa shape index (κ2) is 8.10. The molecule has 1 aliphatic rings. The molecule has 0 aliphatic carbocycles. The number of nitrogens with zero attached hydrogens (tertiary/aromatic N) is 7. The van der Waals surface area contributed by atoms with Crippen molar-refractivity contribution in [2.45, 2.75) is 6.54 Å². The monoisotopic (exact) mass is 395 g/mol. The van der Waals surface area contributed by atoms with Crippen LogP contribution in [0.3, 0.4) is 0 Å². The second-order valence-electron chi connectivity index (χ2n) is 6.48. The largest absolute Gasteiger partial charge is 0.338 e. The topological polar surface area (TPSA) is 131 Å². The molecule has 0 radical (unpaired) electrons. The molecule has 2 aromatic heterocycles. The highest BCUT2D eigenvalue weighted by Gasteiger charge is 2.24. The highest BCUT2D eigenvalue weighted by molar-refractivity contribution is 5.92. The molecule has 148 valence electrons. The number of nitro benzene ring substituents is 1. The van der Waals surface area contributed by atoms with Crippen LogP contribution < -0.4 is 0 Å². The lowest BCUT2D eigenvalue weighted by atomic mass is 10.2. The molecule has 1 saturated heterocycles. The van der Waals surface area contributed by atoms with Crippen LogP contribution >= 0.6 is 0 Å². The molecule has 0 unspecified atom stereocenters. The van der Waals surface area contributed by atoms with Gasteiger partial charge in [-0.2, -0.15) is 4.98 Å². The summed E-state index contributed by atoms with van der Waals surface area (Å²) < 4.78 is 5.29. The van der Waals surface area contributed by atoms with Crippen LogP contribution in [-0.4, -0.2) is 66.9 Å². The zero-order valence-electron chi connectivity index (χ0n) is 15.3. The highest BCUT2D eigenvalue weighted by Crippen LogP contribution is 2.21. The number of rotatable bonds is 5. The number of hydrogen-bond acceptors (Lipinski definition) is 9. The Balaban J connectivity index is 1.35. The third kappa shape index (κ3) is 4.24. The summed E-state index contributed by atoms with van der Waals surface area (Å²) in [6.45, 7) is 2.86. The lowest BCUT2D eigenvalue weighted by Gasteiger charge is -2.33. The molecule has 3 heterocycles. The van der Waals surface area contributed by atoms with Gasteiger partial charge in [0.2, 0.25) is 11.7 Å². The van der Waals surface area contributed by atoms with Gasteiger partial charge < -0.3 is 9.42 Å². The van der Waals surface area contributed by atoms with Crippen molar-refractivity contribution in [3.8, 4) is 11.4 Å². The summed E-state index contributed by atoms with van der Waals surface area (Å²) in [5.74, 6) is 0.587. The predicted octanol–water partition coefficient (Wildman–Crippen LogP) is 1.39. The molecular weight excluding hydrogens is 378 g/mol. The molecule has 29 heavy (non-hydrogen) atoms. The van der Waals surface area contributed by atoms with Gasteiger partial charge in [-0.1, -0.05) is 17.3 Å². The molecule has 1 aliphatic heterocycles. The van der Waals surface area contributed by atoms with Gasteiger partial charge in [-0.3, -0.25) is 24.8 Å². The van der Waals surface area contributed by atoms with E-state index in [4.69, 9.17) is 4.52 Å². The minimum atomic E-state index is -0.466. The molecule has 11 heteroatoms. The fourth-order valence-electron chi connectivity index (χ4n) is 3.07. The molecule has 1 aromatic carbocycles. The minimum absolute atomic E-state index is 0.0299. The Hall–Kier alpha value is -3.73. The third-order valence-corrected chi connectivity index (χ3v) is 4.58. The van der Waals surface area contributed by atoms with Gasteiger partial charge in [-0.15, -0.1) is 0 Å². The van der Waals surface area contributed by atoms with E-state index in [9.17, 15) is 14.9 Å². The quantitative estimate of drug-likeness (QED) is 0.464.